The van der Waals surface area contributed by atoms with Gasteiger partial charge in [-0.15, -0.1) is 11.3 Å². The van der Waals surface area contributed by atoms with Crippen molar-refractivity contribution in [3.05, 3.63) is 22.4 Å². The second-order valence-electron chi connectivity index (χ2n) is 7.46. The number of nitrogens with zero attached hydrogens (tertiary/aromatic N) is 3. The monoisotopic (exact) mass is 363 g/mol. The molecule has 136 valence electrons. The molecule has 4 rings (SSSR count). The van der Waals surface area contributed by atoms with Crippen LogP contribution >= 0.6 is 11.3 Å². The van der Waals surface area contributed by atoms with E-state index in [-0.39, 0.29) is 17.9 Å². The lowest BCUT2D eigenvalue weighted by molar-refractivity contribution is -0.180. The van der Waals surface area contributed by atoms with Crippen LogP contribution in [0.1, 0.15) is 31.1 Å². The first kappa shape index (κ1) is 17.1. The maximum Gasteiger partial charge on any atom is 0.252 e. The first-order valence-corrected chi connectivity index (χ1v) is 9.98. The highest BCUT2D eigenvalue weighted by molar-refractivity contribution is 7.09. The van der Waals surface area contributed by atoms with Crippen molar-refractivity contribution in [2.75, 3.05) is 26.2 Å². The summed E-state index contributed by atoms with van der Waals surface area (Å²) in [6.45, 7) is 5.12. The molecule has 2 unspecified atom stereocenters. The van der Waals surface area contributed by atoms with Gasteiger partial charge in [-0.25, -0.2) is 0 Å². The van der Waals surface area contributed by atoms with Gasteiger partial charge in [-0.05, 0) is 24.3 Å². The fourth-order valence-electron chi connectivity index (χ4n) is 4.45. The molecule has 0 saturated carbocycles. The molecular formula is C18H25N3O3S. The maximum atomic E-state index is 13.2. The summed E-state index contributed by atoms with van der Waals surface area (Å²) in [5.74, 6) is -0.170. The Labute approximate surface area is 152 Å². The summed E-state index contributed by atoms with van der Waals surface area (Å²) in [5.41, 5.74) is -0.624. The normalized spacial score (nSPS) is 29.3. The molecule has 2 amide bonds. The Hall–Kier alpha value is -1.28. The molecular weight excluding hydrogens is 338 g/mol. The Morgan fingerprint density at radius 3 is 2.84 bits per heavy atom. The smallest absolute Gasteiger partial charge is 0.252 e. The molecule has 3 saturated heterocycles. The average molecular weight is 363 g/mol. The number of thiophene rings is 1. The topological polar surface area (TPSA) is 64.1 Å². The van der Waals surface area contributed by atoms with Crippen molar-refractivity contribution >= 4 is 23.2 Å². The van der Waals surface area contributed by atoms with Crippen LogP contribution in [0.5, 0.6) is 0 Å². The van der Waals surface area contributed by atoms with E-state index in [4.69, 9.17) is 0 Å². The van der Waals surface area contributed by atoms with Gasteiger partial charge in [-0.1, -0.05) is 19.4 Å². The fraction of sp³-hybridized carbons (Fsp3) is 0.667. The number of aliphatic hydroxyl groups is 1. The van der Waals surface area contributed by atoms with Gasteiger partial charge >= 0.3 is 0 Å². The van der Waals surface area contributed by atoms with Gasteiger partial charge in [0, 0.05) is 37.6 Å². The quantitative estimate of drug-likeness (QED) is 0.788. The predicted octanol–water partition coefficient (Wildman–Crippen LogP) is 0.907. The minimum atomic E-state index is -0.624. The number of fused-ring (bicyclic) bond motifs is 2. The van der Waals surface area contributed by atoms with Crippen LogP contribution < -0.4 is 0 Å². The molecule has 4 heterocycles. The summed E-state index contributed by atoms with van der Waals surface area (Å²) < 4.78 is 0. The lowest BCUT2D eigenvalue weighted by Gasteiger charge is -2.58. The van der Waals surface area contributed by atoms with Crippen molar-refractivity contribution in [3.63, 3.8) is 0 Å². The highest BCUT2D eigenvalue weighted by Crippen LogP contribution is 2.41. The van der Waals surface area contributed by atoms with E-state index in [0.717, 1.165) is 19.4 Å². The van der Waals surface area contributed by atoms with Crippen LogP contribution in [0.4, 0.5) is 0 Å². The molecule has 6 nitrogen and oxygen atoms in total. The number of unbranched alkanes of at least 4 members (excludes halogenated alkanes) is 1. The summed E-state index contributed by atoms with van der Waals surface area (Å²) >= 11 is 1.72. The van der Waals surface area contributed by atoms with E-state index in [1.54, 1.807) is 11.3 Å². The molecule has 3 fully saturated rings. The number of imide groups is 1. The van der Waals surface area contributed by atoms with Crippen molar-refractivity contribution in [1.82, 2.24) is 14.7 Å². The van der Waals surface area contributed by atoms with Crippen LogP contribution in [-0.4, -0.2) is 75.5 Å². The molecule has 25 heavy (non-hydrogen) atoms. The van der Waals surface area contributed by atoms with Gasteiger partial charge in [-0.3, -0.25) is 24.3 Å². The molecule has 3 aliphatic rings. The van der Waals surface area contributed by atoms with Crippen LogP contribution in [0.3, 0.4) is 0 Å². The molecule has 0 aliphatic carbocycles. The number of aliphatic hydroxyl groups excluding tert-OH is 1. The lowest BCUT2D eigenvalue weighted by atomic mass is 9.82. The third-order valence-corrected chi connectivity index (χ3v) is 6.55. The number of carbonyl (C=O) groups is 2. The van der Waals surface area contributed by atoms with E-state index in [0.29, 0.717) is 32.6 Å². The van der Waals surface area contributed by atoms with Gasteiger partial charge in [0.05, 0.1) is 12.1 Å². The summed E-state index contributed by atoms with van der Waals surface area (Å²) in [4.78, 5) is 33.0. The summed E-state index contributed by atoms with van der Waals surface area (Å²) in [7, 11) is 0. The third kappa shape index (κ3) is 2.73. The van der Waals surface area contributed by atoms with E-state index < -0.39 is 11.6 Å². The minimum Gasteiger partial charge on any atom is -0.392 e. The van der Waals surface area contributed by atoms with Crippen molar-refractivity contribution in [3.8, 4) is 0 Å². The van der Waals surface area contributed by atoms with Crippen molar-refractivity contribution in [2.24, 2.45) is 0 Å². The van der Waals surface area contributed by atoms with Crippen LogP contribution in [-0.2, 0) is 16.1 Å². The van der Waals surface area contributed by atoms with E-state index in [9.17, 15) is 14.7 Å². The minimum absolute atomic E-state index is 0.0567. The van der Waals surface area contributed by atoms with Gasteiger partial charge in [0.2, 0.25) is 5.91 Å². The molecule has 1 spiro atoms. The molecule has 0 aromatic carbocycles. The third-order valence-electron chi connectivity index (χ3n) is 5.69. The Morgan fingerprint density at radius 1 is 1.36 bits per heavy atom. The van der Waals surface area contributed by atoms with Crippen LogP contribution in [0, 0.1) is 0 Å². The van der Waals surface area contributed by atoms with Crippen molar-refractivity contribution in [2.45, 2.75) is 50.4 Å². The Kier molecular flexibility index (Phi) is 4.43. The number of likely N-dealkylation sites (tertiary alicyclic amines) is 1. The number of hydrogen-bond donors (Lipinski definition) is 1. The molecule has 1 aromatic heterocycles. The predicted molar refractivity (Wildman–Crippen MR) is 95.1 cm³/mol. The molecule has 3 aliphatic heterocycles. The Balaban J connectivity index is 1.55. The highest BCUT2D eigenvalue weighted by atomic mass is 32.1. The largest absolute Gasteiger partial charge is 0.392 e. The number of amides is 2. The SMILES string of the molecule is CCCCN1C(=O)C2CC(O)CN2C2(CN(Cc3cccs3)C2)C1=O. The Morgan fingerprint density at radius 2 is 2.16 bits per heavy atom. The van der Waals surface area contributed by atoms with Gasteiger partial charge in [0.15, 0.2) is 0 Å². The van der Waals surface area contributed by atoms with Gasteiger partial charge in [0.1, 0.15) is 5.54 Å². The zero-order chi connectivity index (χ0) is 17.6. The van der Waals surface area contributed by atoms with Gasteiger partial charge in [-0.2, -0.15) is 0 Å². The molecule has 0 radical (unpaired) electrons. The maximum absolute atomic E-state index is 13.2. The van der Waals surface area contributed by atoms with E-state index in [1.807, 2.05) is 11.0 Å². The fourth-order valence-corrected chi connectivity index (χ4v) is 5.19. The molecule has 1 aromatic rings. The van der Waals surface area contributed by atoms with Crippen LogP contribution in [0.25, 0.3) is 0 Å². The van der Waals surface area contributed by atoms with Gasteiger partial charge < -0.3 is 5.11 Å². The molecule has 2 atom stereocenters. The lowest BCUT2D eigenvalue weighted by Crippen LogP contribution is -2.81. The first-order valence-electron chi connectivity index (χ1n) is 9.10. The Bertz CT molecular complexity index is 657. The molecule has 1 N–H and O–H groups in total. The van der Waals surface area contributed by atoms with Gasteiger partial charge in [0.25, 0.3) is 5.91 Å². The summed E-state index contributed by atoms with van der Waals surface area (Å²) in [6, 6.07) is 3.81. The van der Waals surface area contributed by atoms with E-state index in [1.165, 1.54) is 9.78 Å². The molecule has 7 heteroatoms. The standard InChI is InChI=1S/C18H25N3O3S/c1-2-3-6-20-16(23)15-8-13(22)9-21(15)18(17(20)24)11-19(12-18)10-14-5-4-7-25-14/h4-5,7,13,15,22H,2-3,6,8-12H2,1H3. The second kappa shape index (κ2) is 6.46. The van der Waals surface area contributed by atoms with Crippen LogP contribution in [0.2, 0.25) is 0 Å². The average Bonchev–Trinajstić information content (AvgIpc) is 3.19. The molecule has 0 bridgehead atoms. The zero-order valence-electron chi connectivity index (χ0n) is 14.6. The number of rotatable bonds is 5. The van der Waals surface area contributed by atoms with E-state index >= 15 is 0 Å². The van der Waals surface area contributed by atoms with E-state index in [2.05, 4.69) is 23.3 Å². The summed E-state index contributed by atoms with van der Waals surface area (Å²) in [5, 5.41) is 12.2. The second-order valence-corrected chi connectivity index (χ2v) is 8.49. The number of β-amino-alcohol motifs (C(OH)–C–C–N with tert-alkyl or cyclic N) is 1. The summed E-state index contributed by atoms with van der Waals surface area (Å²) in [6.07, 6.45) is 1.71. The van der Waals surface area contributed by atoms with Crippen molar-refractivity contribution in [1.29, 1.82) is 0 Å². The highest BCUT2D eigenvalue weighted by Gasteiger charge is 2.63. The number of hydrogen-bond acceptors (Lipinski definition) is 6. The van der Waals surface area contributed by atoms with Crippen LogP contribution in [0.15, 0.2) is 17.5 Å². The number of piperazine rings is 1. The zero-order valence-corrected chi connectivity index (χ0v) is 15.4. The first-order chi connectivity index (χ1) is 12.0. The van der Waals surface area contributed by atoms with Crippen molar-refractivity contribution < 1.29 is 14.7 Å². The number of carbonyl (C=O) groups excluding carboxylic acids is 2.